The number of hydrogen-bond donors (Lipinski definition) is 1. The molecule has 0 spiro atoms. The van der Waals surface area contributed by atoms with Crippen LogP contribution in [-0.2, 0) is 6.54 Å². The van der Waals surface area contributed by atoms with E-state index < -0.39 is 6.10 Å². The van der Waals surface area contributed by atoms with Crippen LogP contribution in [0.2, 0.25) is 0 Å². The Bertz CT molecular complexity index is 674. The van der Waals surface area contributed by atoms with Crippen molar-refractivity contribution in [2.45, 2.75) is 39.0 Å². The number of nitrogens with zero attached hydrogens (tertiary/aromatic N) is 1. The zero-order valence-corrected chi connectivity index (χ0v) is 16.7. The lowest BCUT2D eigenvalue weighted by Gasteiger charge is -2.30. The molecule has 5 heteroatoms. The van der Waals surface area contributed by atoms with Crippen molar-refractivity contribution in [2.75, 3.05) is 27.4 Å². The third-order valence-corrected chi connectivity index (χ3v) is 4.68. The number of hydrogen-bond acceptors (Lipinski definition) is 5. The smallest absolute Gasteiger partial charge is 0.119 e. The van der Waals surface area contributed by atoms with E-state index in [1.54, 1.807) is 14.2 Å². The molecule has 2 atom stereocenters. The van der Waals surface area contributed by atoms with Gasteiger partial charge in [0.1, 0.15) is 30.0 Å². The van der Waals surface area contributed by atoms with Gasteiger partial charge >= 0.3 is 0 Å². The van der Waals surface area contributed by atoms with Gasteiger partial charge in [-0.1, -0.05) is 19.1 Å². The zero-order chi connectivity index (χ0) is 19.6. The van der Waals surface area contributed by atoms with E-state index in [-0.39, 0.29) is 6.61 Å². The summed E-state index contributed by atoms with van der Waals surface area (Å²) < 4.78 is 16.2. The maximum absolute atomic E-state index is 10.5. The largest absolute Gasteiger partial charge is 0.497 e. The van der Waals surface area contributed by atoms with Gasteiger partial charge in [-0.3, -0.25) is 4.90 Å². The standard InChI is InChI=1S/C22H31NO4/c1-5-17(2)23(14-18-7-6-8-22(13-18)26-4)15-19(24)16-27-21-11-9-20(25-3)10-12-21/h6-13,17,19,24H,5,14-16H2,1-4H3/t17-,19+/m1/s1. The van der Waals surface area contributed by atoms with Crippen molar-refractivity contribution in [1.29, 1.82) is 0 Å². The zero-order valence-electron chi connectivity index (χ0n) is 16.7. The first-order chi connectivity index (χ1) is 13.0. The average Bonchev–Trinajstić information content (AvgIpc) is 2.71. The molecule has 5 nitrogen and oxygen atoms in total. The molecular weight excluding hydrogens is 342 g/mol. The van der Waals surface area contributed by atoms with Crippen molar-refractivity contribution >= 4 is 0 Å². The van der Waals surface area contributed by atoms with Crippen LogP contribution >= 0.6 is 0 Å². The Morgan fingerprint density at radius 1 is 0.963 bits per heavy atom. The second-order valence-electron chi connectivity index (χ2n) is 6.68. The quantitative estimate of drug-likeness (QED) is 0.650. The molecule has 0 saturated heterocycles. The van der Waals surface area contributed by atoms with Gasteiger partial charge in [0.25, 0.3) is 0 Å². The average molecular weight is 373 g/mol. The fraction of sp³-hybridized carbons (Fsp3) is 0.455. The maximum Gasteiger partial charge on any atom is 0.119 e. The molecular formula is C22H31NO4. The van der Waals surface area contributed by atoms with Crippen LogP contribution in [0.25, 0.3) is 0 Å². The summed E-state index contributed by atoms with van der Waals surface area (Å²) in [6, 6.07) is 15.8. The highest BCUT2D eigenvalue weighted by molar-refractivity contribution is 5.31. The van der Waals surface area contributed by atoms with E-state index in [4.69, 9.17) is 14.2 Å². The molecule has 0 aliphatic rings. The Hall–Kier alpha value is -2.24. The summed E-state index contributed by atoms with van der Waals surface area (Å²) in [5, 5.41) is 10.5. The van der Waals surface area contributed by atoms with Crippen LogP contribution in [0.15, 0.2) is 48.5 Å². The van der Waals surface area contributed by atoms with E-state index >= 15 is 0 Å². The molecule has 0 heterocycles. The van der Waals surface area contributed by atoms with Crippen LogP contribution in [-0.4, -0.2) is 49.5 Å². The minimum Gasteiger partial charge on any atom is -0.497 e. The van der Waals surface area contributed by atoms with Crippen LogP contribution in [0.5, 0.6) is 17.2 Å². The summed E-state index contributed by atoms with van der Waals surface area (Å²) in [4.78, 5) is 2.27. The van der Waals surface area contributed by atoms with Gasteiger partial charge in [0, 0.05) is 19.1 Å². The number of methoxy groups -OCH3 is 2. The van der Waals surface area contributed by atoms with Crippen LogP contribution in [0.4, 0.5) is 0 Å². The fourth-order valence-corrected chi connectivity index (χ4v) is 2.85. The third kappa shape index (κ3) is 6.77. The molecule has 0 aliphatic heterocycles. The van der Waals surface area contributed by atoms with Crippen molar-refractivity contribution in [3.05, 3.63) is 54.1 Å². The molecule has 27 heavy (non-hydrogen) atoms. The van der Waals surface area contributed by atoms with Gasteiger partial charge in [-0.2, -0.15) is 0 Å². The lowest BCUT2D eigenvalue weighted by atomic mass is 10.1. The van der Waals surface area contributed by atoms with Gasteiger partial charge in [-0.05, 0) is 55.3 Å². The number of ether oxygens (including phenoxy) is 3. The lowest BCUT2D eigenvalue weighted by Crippen LogP contribution is -2.40. The Morgan fingerprint density at radius 2 is 1.63 bits per heavy atom. The van der Waals surface area contributed by atoms with Gasteiger partial charge in [0.15, 0.2) is 0 Å². The van der Waals surface area contributed by atoms with Crippen molar-refractivity contribution in [2.24, 2.45) is 0 Å². The molecule has 0 unspecified atom stereocenters. The number of aliphatic hydroxyl groups is 1. The maximum atomic E-state index is 10.5. The molecule has 0 radical (unpaired) electrons. The van der Waals surface area contributed by atoms with E-state index in [9.17, 15) is 5.11 Å². The van der Waals surface area contributed by atoms with Crippen molar-refractivity contribution in [3.63, 3.8) is 0 Å². The molecule has 2 rings (SSSR count). The highest BCUT2D eigenvalue weighted by atomic mass is 16.5. The Labute approximate surface area is 162 Å². The molecule has 2 aromatic carbocycles. The van der Waals surface area contributed by atoms with E-state index in [2.05, 4.69) is 24.8 Å². The van der Waals surface area contributed by atoms with E-state index in [1.165, 1.54) is 0 Å². The molecule has 0 amide bonds. The molecule has 1 N–H and O–H groups in total. The molecule has 0 saturated carbocycles. The predicted molar refractivity (Wildman–Crippen MR) is 108 cm³/mol. The Kier molecular flexibility index (Phi) is 8.43. The third-order valence-electron chi connectivity index (χ3n) is 4.68. The first-order valence-corrected chi connectivity index (χ1v) is 9.37. The highest BCUT2D eigenvalue weighted by Gasteiger charge is 2.18. The number of rotatable bonds is 11. The SMILES string of the molecule is CC[C@@H](C)N(Cc1cccc(OC)c1)C[C@H](O)COc1ccc(OC)cc1. The molecule has 0 aliphatic carbocycles. The molecule has 0 bridgehead atoms. The monoisotopic (exact) mass is 373 g/mol. The van der Waals surface area contributed by atoms with Gasteiger partial charge < -0.3 is 19.3 Å². The Balaban J connectivity index is 1.93. The first-order valence-electron chi connectivity index (χ1n) is 9.37. The molecule has 0 aromatic heterocycles. The number of benzene rings is 2. The summed E-state index contributed by atoms with van der Waals surface area (Å²) in [7, 11) is 3.30. The number of aliphatic hydroxyl groups excluding tert-OH is 1. The molecule has 0 fully saturated rings. The summed E-state index contributed by atoms with van der Waals surface area (Å²) >= 11 is 0. The van der Waals surface area contributed by atoms with Gasteiger partial charge in [-0.15, -0.1) is 0 Å². The van der Waals surface area contributed by atoms with Crippen LogP contribution in [0.1, 0.15) is 25.8 Å². The summed E-state index contributed by atoms with van der Waals surface area (Å²) in [5.74, 6) is 2.35. The van der Waals surface area contributed by atoms with Gasteiger partial charge in [-0.25, -0.2) is 0 Å². The first kappa shape index (κ1) is 21.1. The summed E-state index contributed by atoms with van der Waals surface area (Å²) in [6.07, 6.45) is 0.433. The van der Waals surface area contributed by atoms with Gasteiger partial charge in [0.2, 0.25) is 0 Å². The van der Waals surface area contributed by atoms with Crippen molar-refractivity contribution in [1.82, 2.24) is 4.90 Å². The Morgan fingerprint density at radius 3 is 2.26 bits per heavy atom. The summed E-state index contributed by atoms with van der Waals surface area (Å²) in [5.41, 5.74) is 1.16. The normalized spacial score (nSPS) is 13.3. The minimum atomic E-state index is -0.577. The van der Waals surface area contributed by atoms with Crippen molar-refractivity contribution < 1.29 is 19.3 Å². The van der Waals surface area contributed by atoms with E-state index in [1.807, 2.05) is 42.5 Å². The highest BCUT2D eigenvalue weighted by Crippen LogP contribution is 2.19. The van der Waals surface area contributed by atoms with Crippen molar-refractivity contribution in [3.8, 4) is 17.2 Å². The summed E-state index contributed by atoms with van der Waals surface area (Å²) in [6.45, 7) is 5.88. The predicted octanol–water partition coefficient (Wildman–Crippen LogP) is 3.74. The van der Waals surface area contributed by atoms with Crippen LogP contribution < -0.4 is 14.2 Å². The van der Waals surface area contributed by atoms with Crippen LogP contribution in [0.3, 0.4) is 0 Å². The lowest BCUT2D eigenvalue weighted by molar-refractivity contribution is 0.0506. The van der Waals surface area contributed by atoms with Crippen LogP contribution in [0, 0.1) is 0 Å². The molecule has 148 valence electrons. The van der Waals surface area contributed by atoms with E-state index in [0.717, 1.165) is 35.8 Å². The fourth-order valence-electron chi connectivity index (χ4n) is 2.85. The second-order valence-corrected chi connectivity index (χ2v) is 6.68. The minimum absolute atomic E-state index is 0.247. The topological polar surface area (TPSA) is 51.2 Å². The molecule has 2 aromatic rings. The van der Waals surface area contributed by atoms with E-state index in [0.29, 0.717) is 12.6 Å². The second kappa shape index (κ2) is 10.8. The van der Waals surface area contributed by atoms with Gasteiger partial charge in [0.05, 0.1) is 14.2 Å².